The number of rotatable bonds is 7. The van der Waals surface area contributed by atoms with Crippen LogP contribution in [-0.2, 0) is 4.79 Å². The van der Waals surface area contributed by atoms with Gasteiger partial charge in [-0.25, -0.2) is 0 Å². The second-order valence-electron chi connectivity index (χ2n) is 5.99. The van der Waals surface area contributed by atoms with Crippen molar-refractivity contribution in [3.8, 4) is 5.75 Å². The van der Waals surface area contributed by atoms with E-state index in [-0.39, 0.29) is 11.9 Å². The van der Waals surface area contributed by atoms with Crippen molar-refractivity contribution in [2.45, 2.75) is 53.2 Å². The maximum absolute atomic E-state index is 12.4. The Morgan fingerprint density at radius 3 is 2.10 bits per heavy atom. The summed E-state index contributed by atoms with van der Waals surface area (Å²) in [5, 5.41) is 3.76. The highest BCUT2D eigenvalue weighted by Crippen LogP contribution is 2.18. The van der Waals surface area contributed by atoms with Gasteiger partial charge in [0.25, 0.3) is 5.91 Å². The van der Waals surface area contributed by atoms with Gasteiger partial charge in [0.2, 0.25) is 0 Å². The van der Waals surface area contributed by atoms with Crippen LogP contribution >= 0.6 is 11.6 Å². The van der Waals surface area contributed by atoms with Crippen molar-refractivity contribution >= 4 is 17.5 Å². The van der Waals surface area contributed by atoms with E-state index >= 15 is 0 Å². The predicted octanol–water partition coefficient (Wildman–Crippen LogP) is 4.29. The molecule has 21 heavy (non-hydrogen) atoms. The van der Waals surface area contributed by atoms with Crippen LogP contribution in [0.2, 0.25) is 5.02 Å². The van der Waals surface area contributed by atoms with E-state index in [1.165, 1.54) is 0 Å². The van der Waals surface area contributed by atoms with E-state index < -0.39 is 6.10 Å². The van der Waals surface area contributed by atoms with E-state index in [1.807, 2.05) is 6.92 Å². The fourth-order valence-electron chi connectivity index (χ4n) is 2.36. The van der Waals surface area contributed by atoms with Gasteiger partial charge in [0.1, 0.15) is 5.75 Å². The molecule has 0 bridgehead atoms. The number of ether oxygens (including phenoxy) is 1. The molecule has 4 heteroatoms. The average molecular weight is 312 g/mol. The van der Waals surface area contributed by atoms with Gasteiger partial charge in [-0.05, 0) is 42.5 Å². The summed E-state index contributed by atoms with van der Waals surface area (Å²) >= 11 is 5.85. The van der Waals surface area contributed by atoms with E-state index in [0.717, 1.165) is 0 Å². The van der Waals surface area contributed by atoms with Crippen LogP contribution in [0.1, 0.15) is 41.0 Å². The fraction of sp³-hybridized carbons (Fsp3) is 0.588. The van der Waals surface area contributed by atoms with Crippen LogP contribution in [0.25, 0.3) is 0 Å². The Kier molecular flexibility index (Phi) is 7.03. The summed E-state index contributed by atoms with van der Waals surface area (Å²) in [6.07, 6.45) is 0.142. The summed E-state index contributed by atoms with van der Waals surface area (Å²) in [5.74, 6) is 1.39. The first-order valence-electron chi connectivity index (χ1n) is 7.57. The van der Waals surface area contributed by atoms with Crippen LogP contribution in [0, 0.1) is 11.8 Å². The number of hydrogen-bond donors (Lipinski definition) is 1. The number of carbonyl (C=O) groups is 1. The largest absolute Gasteiger partial charge is 0.481 e. The molecule has 3 nitrogen and oxygen atoms in total. The lowest BCUT2D eigenvalue weighted by Gasteiger charge is -2.28. The molecule has 1 rings (SSSR count). The zero-order valence-electron chi connectivity index (χ0n) is 13.5. The first kappa shape index (κ1) is 17.8. The van der Waals surface area contributed by atoms with Crippen LogP contribution < -0.4 is 10.1 Å². The van der Waals surface area contributed by atoms with Gasteiger partial charge in [-0.2, -0.15) is 0 Å². The van der Waals surface area contributed by atoms with Gasteiger partial charge >= 0.3 is 0 Å². The summed E-state index contributed by atoms with van der Waals surface area (Å²) in [5.41, 5.74) is 0. The maximum atomic E-state index is 12.4. The van der Waals surface area contributed by atoms with E-state index in [4.69, 9.17) is 16.3 Å². The van der Waals surface area contributed by atoms with Gasteiger partial charge in [-0.15, -0.1) is 0 Å². The zero-order chi connectivity index (χ0) is 16.0. The smallest absolute Gasteiger partial charge is 0.261 e. The molecular weight excluding hydrogens is 286 g/mol. The molecule has 1 aromatic rings. The van der Waals surface area contributed by atoms with E-state index in [1.54, 1.807) is 24.3 Å². The van der Waals surface area contributed by atoms with Crippen LogP contribution in [-0.4, -0.2) is 18.1 Å². The normalized spacial score (nSPS) is 12.8. The third-order valence-corrected chi connectivity index (χ3v) is 3.75. The molecule has 1 amide bonds. The highest BCUT2D eigenvalue weighted by Gasteiger charge is 2.25. The standard InChI is InChI=1S/C17H26ClNO2/c1-6-15(21-14-9-7-13(18)8-10-14)17(20)19-16(11(2)3)12(4)5/h7-12,15-16H,6H2,1-5H3,(H,19,20)/t15-/m1/s1. The van der Waals surface area contributed by atoms with E-state index in [2.05, 4.69) is 33.0 Å². The van der Waals surface area contributed by atoms with Crippen molar-refractivity contribution < 1.29 is 9.53 Å². The third-order valence-electron chi connectivity index (χ3n) is 3.50. The lowest BCUT2D eigenvalue weighted by atomic mass is 9.93. The molecule has 0 radical (unpaired) electrons. The van der Waals surface area contributed by atoms with Crippen molar-refractivity contribution in [2.75, 3.05) is 0 Å². The second-order valence-corrected chi connectivity index (χ2v) is 6.43. The monoisotopic (exact) mass is 311 g/mol. The molecule has 0 aromatic heterocycles. The molecule has 0 aliphatic heterocycles. The highest BCUT2D eigenvalue weighted by molar-refractivity contribution is 6.30. The molecule has 0 heterocycles. The van der Waals surface area contributed by atoms with Crippen molar-refractivity contribution in [3.05, 3.63) is 29.3 Å². The third kappa shape index (κ3) is 5.58. The molecule has 0 saturated heterocycles. The topological polar surface area (TPSA) is 38.3 Å². The van der Waals surface area contributed by atoms with Gasteiger partial charge in [-0.1, -0.05) is 46.2 Å². The Morgan fingerprint density at radius 1 is 1.14 bits per heavy atom. The Hall–Kier alpha value is -1.22. The Labute approximate surface area is 133 Å². The minimum atomic E-state index is -0.480. The van der Waals surface area contributed by atoms with Gasteiger partial charge in [0.05, 0.1) is 0 Å². The van der Waals surface area contributed by atoms with Crippen molar-refractivity contribution in [2.24, 2.45) is 11.8 Å². The van der Waals surface area contributed by atoms with Gasteiger partial charge < -0.3 is 10.1 Å². The zero-order valence-corrected chi connectivity index (χ0v) is 14.3. The molecule has 0 spiro atoms. The lowest BCUT2D eigenvalue weighted by Crippen LogP contribution is -2.48. The molecule has 0 aliphatic rings. The first-order valence-corrected chi connectivity index (χ1v) is 7.95. The summed E-state index contributed by atoms with van der Waals surface area (Å²) in [4.78, 5) is 12.4. The first-order chi connectivity index (χ1) is 9.85. The van der Waals surface area contributed by atoms with Crippen LogP contribution in [0.3, 0.4) is 0 Å². The Bertz CT molecular complexity index is 435. The fourth-order valence-corrected chi connectivity index (χ4v) is 2.49. The van der Waals surface area contributed by atoms with Crippen LogP contribution in [0.5, 0.6) is 5.75 Å². The Balaban J connectivity index is 2.70. The molecule has 1 aromatic carbocycles. The van der Waals surface area contributed by atoms with Gasteiger partial charge in [0, 0.05) is 11.1 Å². The number of carbonyl (C=O) groups excluding carboxylic acids is 1. The molecule has 0 saturated carbocycles. The number of hydrogen-bond acceptors (Lipinski definition) is 2. The predicted molar refractivity (Wildman–Crippen MR) is 87.8 cm³/mol. The van der Waals surface area contributed by atoms with Crippen LogP contribution in [0.15, 0.2) is 24.3 Å². The summed E-state index contributed by atoms with van der Waals surface area (Å²) in [6.45, 7) is 10.4. The molecule has 0 fully saturated rings. The Morgan fingerprint density at radius 2 is 1.67 bits per heavy atom. The molecule has 0 aliphatic carbocycles. The van der Waals surface area contributed by atoms with Gasteiger partial charge in [0.15, 0.2) is 6.10 Å². The molecule has 0 unspecified atom stereocenters. The van der Waals surface area contributed by atoms with E-state index in [0.29, 0.717) is 29.0 Å². The number of benzene rings is 1. The number of nitrogens with one attached hydrogen (secondary N) is 1. The van der Waals surface area contributed by atoms with Crippen LogP contribution in [0.4, 0.5) is 0 Å². The molecule has 118 valence electrons. The van der Waals surface area contributed by atoms with Crippen molar-refractivity contribution in [1.29, 1.82) is 0 Å². The summed E-state index contributed by atoms with van der Waals surface area (Å²) < 4.78 is 5.77. The molecular formula is C17H26ClNO2. The molecule has 1 N–H and O–H groups in total. The van der Waals surface area contributed by atoms with E-state index in [9.17, 15) is 4.79 Å². The summed E-state index contributed by atoms with van der Waals surface area (Å²) in [7, 11) is 0. The van der Waals surface area contributed by atoms with Crippen molar-refractivity contribution in [3.63, 3.8) is 0 Å². The van der Waals surface area contributed by atoms with Gasteiger partial charge in [-0.3, -0.25) is 4.79 Å². The molecule has 1 atom stereocenters. The average Bonchev–Trinajstić information content (AvgIpc) is 2.43. The highest BCUT2D eigenvalue weighted by atomic mass is 35.5. The quantitative estimate of drug-likeness (QED) is 0.815. The lowest BCUT2D eigenvalue weighted by molar-refractivity contribution is -0.129. The number of halogens is 1. The minimum absolute atomic E-state index is 0.0557. The maximum Gasteiger partial charge on any atom is 0.261 e. The second kappa shape index (κ2) is 8.28. The number of amides is 1. The minimum Gasteiger partial charge on any atom is -0.481 e. The summed E-state index contributed by atoms with van der Waals surface area (Å²) in [6, 6.07) is 7.22. The SMILES string of the molecule is CC[C@@H](Oc1ccc(Cl)cc1)C(=O)NC(C(C)C)C(C)C. The van der Waals surface area contributed by atoms with Crippen molar-refractivity contribution in [1.82, 2.24) is 5.32 Å².